The third-order valence-electron chi connectivity index (χ3n) is 4.87. The zero-order chi connectivity index (χ0) is 10.5. The van der Waals surface area contributed by atoms with Crippen molar-refractivity contribution >= 4 is 0 Å². The molecular weight excluding hydrogens is 184 g/mol. The smallest absolute Gasteiger partial charge is 0.00972 e. The van der Waals surface area contributed by atoms with Gasteiger partial charge >= 0.3 is 0 Å². The van der Waals surface area contributed by atoms with E-state index in [1.165, 1.54) is 51.9 Å². The largest absolute Gasteiger partial charge is 0.300 e. The minimum absolute atomic E-state index is 0.708. The van der Waals surface area contributed by atoms with Crippen LogP contribution in [0.25, 0.3) is 0 Å². The van der Waals surface area contributed by atoms with Crippen molar-refractivity contribution in [2.45, 2.75) is 51.6 Å². The first-order valence-electron chi connectivity index (χ1n) is 6.67. The van der Waals surface area contributed by atoms with Crippen molar-refractivity contribution in [2.24, 2.45) is 5.41 Å². The second-order valence-electron chi connectivity index (χ2n) is 6.30. The second kappa shape index (κ2) is 3.46. The molecule has 15 heavy (non-hydrogen) atoms. The Hall–Kier alpha value is -0.0800. The Balaban J connectivity index is 1.52. The van der Waals surface area contributed by atoms with Gasteiger partial charge in [0.2, 0.25) is 0 Å². The lowest BCUT2D eigenvalue weighted by Gasteiger charge is -2.54. The summed E-state index contributed by atoms with van der Waals surface area (Å²) in [5, 5.41) is 0. The zero-order valence-corrected chi connectivity index (χ0v) is 10.2. The average Bonchev–Trinajstić information content (AvgIpc) is 2.44. The Morgan fingerprint density at radius 1 is 1.13 bits per heavy atom. The molecule has 1 spiro atoms. The molecule has 2 saturated heterocycles. The van der Waals surface area contributed by atoms with Crippen LogP contribution in [0.5, 0.6) is 0 Å². The monoisotopic (exact) mass is 208 g/mol. The van der Waals surface area contributed by atoms with Gasteiger partial charge in [-0.25, -0.2) is 0 Å². The fourth-order valence-corrected chi connectivity index (χ4v) is 3.49. The van der Waals surface area contributed by atoms with Crippen molar-refractivity contribution in [1.29, 1.82) is 0 Å². The average molecular weight is 208 g/mol. The number of likely N-dealkylation sites (tertiary alicyclic amines) is 2. The lowest BCUT2D eigenvalue weighted by Crippen LogP contribution is -2.62. The molecule has 0 aromatic carbocycles. The highest BCUT2D eigenvalue weighted by molar-refractivity contribution is 5.04. The van der Waals surface area contributed by atoms with Crippen LogP contribution in [-0.2, 0) is 0 Å². The summed E-state index contributed by atoms with van der Waals surface area (Å²) in [6, 6.07) is 1.73. The van der Waals surface area contributed by atoms with Crippen molar-refractivity contribution in [3.8, 4) is 0 Å². The summed E-state index contributed by atoms with van der Waals surface area (Å²) in [7, 11) is 0. The summed E-state index contributed by atoms with van der Waals surface area (Å²) in [4.78, 5) is 5.41. The summed E-state index contributed by atoms with van der Waals surface area (Å²) in [5.74, 6) is 0. The Morgan fingerprint density at radius 2 is 1.87 bits per heavy atom. The molecule has 1 aliphatic carbocycles. The Labute approximate surface area is 93.6 Å². The van der Waals surface area contributed by atoms with Gasteiger partial charge in [-0.2, -0.15) is 0 Å². The topological polar surface area (TPSA) is 6.48 Å². The van der Waals surface area contributed by atoms with Crippen molar-refractivity contribution in [3.63, 3.8) is 0 Å². The third-order valence-corrected chi connectivity index (χ3v) is 4.87. The maximum Gasteiger partial charge on any atom is 0.00972 e. The van der Waals surface area contributed by atoms with E-state index in [4.69, 9.17) is 0 Å². The maximum atomic E-state index is 2.74. The number of hydrogen-bond acceptors (Lipinski definition) is 2. The molecular formula is C13H24N2. The number of rotatable bonds is 2. The fourth-order valence-electron chi connectivity index (χ4n) is 3.49. The second-order valence-corrected chi connectivity index (χ2v) is 6.30. The fraction of sp³-hybridized carbons (Fsp3) is 1.00. The van der Waals surface area contributed by atoms with Gasteiger partial charge in [0.05, 0.1) is 0 Å². The van der Waals surface area contributed by atoms with Crippen LogP contribution in [-0.4, -0.2) is 48.1 Å². The van der Waals surface area contributed by atoms with Gasteiger partial charge in [0.15, 0.2) is 0 Å². The maximum absolute atomic E-state index is 2.74. The Morgan fingerprint density at radius 3 is 2.33 bits per heavy atom. The number of nitrogens with zero attached hydrogens (tertiary/aromatic N) is 2. The quantitative estimate of drug-likeness (QED) is 0.684. The molecule has 3 rings (SSSR count). The van der Waals surface area contributed by atoms with Crippen LogP contribution < -0.4 is 0 Å². The molecule has 0 N–H and O–H groups in total. The highest BCUT2D eigenvalue weighted by Crippen LogP contribution is 2.43. The van der Waals surface area contributed by atoms with E-state index >= 15 is 0 Å². The molecule has 2 nitrogen and oxygen atoms in total. The van der Waals surface area contributed by atoms with E-state index in [2.05, 4.69) is 23.6 Å². The van der Waals surface area contributed by atoms with E-state index in [-0.39, 0.29) is 0 Å². The highest BCUT2D eigenvalue weighted by Gasteiger charge is 2.50. The zero-order valence-electron chi connectivity index (χ0n) is 10.2. The van der Waals surface area contributed by atoms with Crippen molar-refractivity contribution in [3.05, 3.63) is 0 Å². The van der Waals surface area contributed by atoms with Gasteiger partial charge in [-0.05, 0) is 39.7 Å². The number of hydrogen-bond donors (Lipinski definition) is 0. The lowest BCUT2D eigenvalue weighted by atomic mass is 9.75. The molecule has 86 valence electrons. The van der Waals surface area contributed by atoms with Crippen LogP contribution in [0.15, 0.2) is 0 Å². The van der Waals surface area contributed by atoms with Crippen LogP contribution in [0.2, 0.25) is 0 Å². The molecule has 2 heteroatoms. The molecule has 0 aromatic rings. The van der Waals surface area contributed by atoms with E-state index < -0.39 is 0 Å². The summed E-state index contributed by atoms with van der Waals surface area (Å²) in [6.07, 6.45) is 5.88. The predicted molar refractivity (Wildman–Crippen MR) is 63.0 cm³/mol. The molecule has 0 radical (unpaired) electrons. The highest BCUT2D eigenvalue weighted by atomic mass is 15.3. The van der Waals surface area contributed by atoms with E-state index in [0.717, 1.165) is 12.1 Å². The van der Waals surface area contributed by atoms with Crippen molar-refractivity contribution in [1.82, 2.24) is 9.80 Å². The van der Waals surface area contributed by atoms with E-state index in [1.54, 1.807) is 0 Å². The molecule has 2 aliphatic heterocycles. The first-order chi connectivity index (χ1) is 7.19. The lowest BCUT2D eigenvalue weighted by molar-refractivity contribution is -0.0481. The molecule has 1 saturated carbocycles. The minimum Gasteiger partial charge on any atom is -0.300 e. The molecule has 0 aromatic heterocycles. The van der Waals surface area contributed by atoms with Gasteiger partial charge in [0, 0.05) is 37.1 Å². The van der Waals surface area contributed by atoms with E-state index in [9.17, 15) is 0 Å². The normalized spacial score (nSPS) is 32.2. The summed E-state index contributed by atoms with van der Waals surface area (Å²) < 4.78 is 0. The van der Waals surface area contributed by atoms with E-state index in [1.807, 2.05) is 0 Å². The SMILES string of the molecule is CC(C)N1CCC2(C1)CN(C1CCC1)C2. The summed E-state index contributed by atoms with van der Waals surface area (Å²) in [5.41, 5.74) is 0.708. The van der Waals surface area contributed by atoms with E-state index in [0.29, 0.717) is 5.41 Å². The van der Waals surface area contributed by atoms with Gasteiger partial charge in [-0.1, -0.05) is 6.42 Å². The van der Waals surface area contributed by atoms with Crippen LogP contribution in [0.1, 0.15) is 39.5 Å². The van der Waals surface area contributed by atoms with Gasteiger partial charge in [0.1, 0.15) is 0 Å². The van der Waals surface area contributed by atoms with Gasteiger partial charge in [-0.3, -0.25) is 4.90 Å². The standard InChI is InChI=1S/C13H24N2/c1-11(2)14-7-6-13(8-14)9-15(10-13)12-4-3-5-12/h11-12H,3-10H2,1-2H3. The Bertz CT molecular complexity index is 239. The van der Waals surface area contributed by atoms with Crippen LogP contribution in [0.3, 0.4) is 0 Å². The minimum atomic E-state index is 0.708. The van der Waals surface area contributed by atoms with Crippen LogP contribution >= 0.6 is 0 Å². The summed E-state index contributed by atoms with van der Waals surface area (Å²) in [6.45, 7) is 10.2. The van der Waals surface area contributed by atoms with Gasteiger partial charge in [0.25, 0.3) is 0 Å². The van der Waals surface area contributed by atoms with Crippen molar-refractivity contribution in [2.75, 3.05) is 26.2 Å². The Kier molecular flexibility index (Phi) is 2.33. The van der Waals surface area contributed by atoms with Crippen LogP contribution in [0, 0.1) is 5.41 Å². The van der Waals surface area contributed by atoms with Crippen molar-refractivity contribution < 1.29 is 0 Å². The first-order valence-corrected chi connectivity index (χ1v) is 6.67. The van der Waals surface area contributed by atoms with Gasteiger partial charge in [-0.15, -0.1) is 0 Å². The molecule has 0 unspecified atom stereocenters. The van der Waals surface area contributed by atoms with Crippen LogP contribution in [0.4, 0.5) is 0 Å². The summed E-state index contributed by atoms with van der Waals surface area (Å²) >= 11 is 0. The molecule has 0 amide bonds. The molecule has 2 heterocycles. The first kappa shape index (κ1) is 10.1. The molecule has 0 bridgehead atoms. The third kappa shape index (κ3) is 1.62. The predicted octanol–water partition coefficient (Wildman–Crippen LogP) is 1.95. The van der Waals surface area contributed by atoms with Gasteiger partial charge < -0.3 is 4.90 Å². The molecule has 0 atom stereocenters. The molecule has 3 fully saturated rings. The molecule has 3 aliphatic rings.